The van der Waals surface area contributed by atoms with E-state index in [1.54, 1.807) is 18.2 Å². The number of aryl methyl sites for hydroxylation is 2. The Labute approximate surface area is 178 Å². The molecule has 0 saturated carbocycles. The second-order valence-corrected chi connectivity index (χ2v) is 7.53. The third kappa shape index (κ3) is 4.28. The van der Waals surface area contributed by atoms with Crippen LogP contribution in [-0.4, -0.2) is 21.1 Å². The second kappa shape index (κ2) is 8.55. The minimum Gasteiger partial charge on any atom is -0.367 e. The zero-order chi connectivity index (χ0) is 21.1. The molecule has 0 spiro atoms. The largest absolute Gasteiger partial charge is 0.367 e. The lowest BCUT2D eigenvalue weighted by Crippen LogP contribution is -2.15. The summed E-state index contributed by atoms with van der Waals surface area (Å²) in [6.45, 7) is 0. The van der Waals surface area contributed by atoms with Gasteiger partial charge < -0.3 is 10.7 Å². The van der Waals surface area contributed by atoms with Crippen LogP contribution in [0.1, 0.15) is 32.9 Å². The molecule has 30 heavy (non-hydrogen) atoms. The summed E-state index contributed by atoms with van der Waals surface area (Å²) in [6.07, 6.45) is 5.46. The zero-order valence-electron chi connectivity index (χ0n) is 16.1. The quantitative estimate of drug-likeness (QED) is 0.404. The van der Waals surface area contributed by atoms with Gasteiger partial charge in [-0.15, -0.1) is 0 Å². The van der Waals surface area contributed by atoms with Crippen LogP contribution >= 0.6 is 11.6 Å². The van der Waals surface area contributed by atoms with Gasteiger partial charge in [0.25, 0.3) is 5.91 Å². The van der Waals surface area contributed by atoms with Gasteiger partial charge in [-0.05, 0) is 53.8 Å². The number of primary amides is 1. The van der Waals surface area contributed by atoms with Crippen LogP contribution in [0.3, 0.4) is 0 Å². The van der Waals surface area contributed by atoms with Gasteiger partial charge in [-0.3, -0.25) is 9.89 Å². The smallest absolute Gasteiger partial charge is 0.252 e. The molecule has 4 rings (SSSR count). The predicted octanol–water partition coefficient (Wildman–Crippen LogP) is 4.67. The van der Waals surface area contributed by atoms with Crippen molar-refractivity contribution >= 4 is 17.5 Å². The molecule has 152 valence electrons. The fourth-order valence-electron chi connectivity index (χ4n) is 3.63. The summed E-state index contributed by atoms with van der Waals surface area (Å²) in [4.78, 5) is 15.2. The number of carbonyl (C=O) groups excluding carboxylic acids is 1. The highest BCUT2D eigenvalue weighted by atomic mass is 35.5. The van der Waals surface area contributed by atoms with E-state index in [2.05, 4.69) is 15.2 Å². The molecule has 2 aromatic heterocycles. The van der Waals surface area contributed by atoms with E-state index < -0.39 is 5.91 Å². The van der Waals surface area contributed by atoms with Crippen molar-refractivity contribution in [2.45, 2.75) is 19.3 Å². The van der Waals surface area contributed by atoms with Gasteiger partial charge in [-0.1, -0.05) is 35.9 Å². The predicted molar refractivity (Wildman–Crippen MR) is 115 cm³/mol. The molecule has 0 radical (unpaired) electrons. The lowest BCUT2D eigenvalue weighted by molar-refractivity contribution is 0.0998. The van der Waals surface area contributed by atoms with Crippen molar-refractivity contribution in [3.63, 3.8) is 0 Å². The number of hydrogen-bond acceptors (Lipinski definition) is 2. The summed E-state index contributed by atoms with van der Waals surface area (Å²) in [5.41, 5.74) is 11.3. The van der Waals surface area contributed by atoms with Crippen LogP contribution in [0.2, 0.25) is 5.02 Å². The average molecular weight is 423 g/mol. The van der Waals surface area contributed by atoms with Gasteiger partial charge in [0.1, 0.15) is 5.82 Å². The number of hydrogen-bond donors (Lipinski definition) is 3. The first-order valence-corrected chi connectivity index (χ1v) is 9.91. The average Bonchev–Trinajstić information content (AvgIpc) is 3.34. The van der Waals surface area contributed by atoms with Crippen molar-refractivity contribution in [3.8, 4) is 11.1 Å². The first-order chi connectivity index (χ1) is 14.5. The molecule has 0 unspecified atom stereocenters. The van der Waals surface area contributed by atoms with Crippen LogP contribution in [0, 0.1) is 5.82 Å². The Morgan fingerprint density at radius 1 is 1.10 bits per heavy atom. The lowest BCUT2D eigenvalue weighted by atomic mass is 9.98. The monoisotopic (exact) mass is 422 g/mol. The Hall–Kier alpha value is -3.38. The van der Waals surface area contributed by atoms with Gasteiger partial charge in [-0.2, -0.15) is 5.10 Å². The fraction of sp³-hybridized carbons (Fsp3) is 0.130. The maximum atomic E-state index is 13.2. The van der Waals surface area contributed by atoms with Gasteiger partial charge in [0, 0.05) is 29.4 Å². The molecular weight excluding hydrogens is 403 g/mol. The molecule has 2 heterocycles. The molecule has 1 amide bonds. The molecule has 0 bridgehead atoms. The number of nitrogens with two attached hydrogens (primary N) is 1. The summed E-state index contributed by atoms with van der Waals surface area (Å²) >= 11 is 6.06. The molecule has 4 aromatic rings. The second-order valence-electron chi connectivity index (χ2n) is 7.10. The summed E-state index contributed by atoms with van der Waals surface area (Å²) < 4.78 is 13.2. The van der Waals surface area contributed by atoms with E-state index in [9.17, 15) is 9.18 Å². The van der Waals surface area contributed by atoms with Crippen molar-refractivity contribution in [2.24, 2.45) is 5.73 Å². The van der Waals surface area contributed by atoms with E-state index in [0.29, 0.717) is 41.2 Å². The Morgan fingerprint density at radius 3 is 2.63 bits per heavy atom. The molecule has 5 nitrogen and oxygen atoms in total. The maximum Gasteiger partial charge on any atom is 0.252 e. The zero-order valence-corrected chi connectivity index (χ0v) is 16.8. The van der Waals surface area contributed by atoms with Crippen LogP contribution in [-0.2, 0) is 19.3 Å². The van der Waals surface area contributed by atoms with Crippen LogP contribution in [0.25, 0.3) is 11.1 Å². The van der Waals surface area contributed by atoms with Crippen LogP contribution in [0.5, 0.6) is 0 Å². The summed E-state index contributed by atoms with van der Waals surface area (Å²) in [7, 11) is 0. The normalized spacial score (nSPS) is 11.0. The van der Waals surface area contributed by atoms with Crippen LogP contribution in [0.15, 0.2) is 60.9 Å². The number of H-pyrrole nitrogens is 2. The van der Waals surface area contributed by atoms with Crippen molar-refractivity contribution in [3.05, 3.63) is 99.8 Å². The van der Waals surface area contributed by atoms with Gasteiger partial charge in [0.15, 0.2) is 0 Å². The molecular formula is C23H20ClFN4O. The molecule has 0 aliphatic heterocycles. The number of amides is 1. The highest BCUT2D eigenvalue weighted by molar-refractivity contribution is 6.30. The van der Waals surface area contributed by atoms with Gasteiger partial charge >= 0.3 is 0 Å². The maximum absolute atomic E-state index is 13.2. The fourth-order valence-corrected chi connectivity index (χ4v) is 3.84. The number of carbonyl (C=O) groups is 1. The molecule has 4 N–H and O–H groups in total. The van der Waals surface area contributed by atoms with Gasteiger partial charge in [0.05, 0.1) is 17.0 Å². The topological polar surface area (TPSA) is 87.6 Å². The molecule has 0 fully saturated rings. The summed E-state index contributed by atoms with van der Waals surface area (Å²) in [5.74, 6) is -0.783. The lowest BCUT2D eigenvalue weighted by Gasteiger charge is -2.05. The Kier molecular flexibility index (Phi) is 5.68. The number of nitrogens with one attached hydrogen (secondary N) is 2. The third-order valence-electron chi connectivity index (χ3n) is 5.05. The SMILES string of the molecule is NC(=O)c1c(CCc2c[nH]cc2-c2ccc(F)cc2)n[nH]c1Cc1cccc(Cl)c1. The molecule has 0 aliphatic rings. The van der Waals surface area contributed by atoms with E-state index >= 15 is 0 Å². The number of aromatic nitrogens is 3. The number of benzene rings is 2. The highest BCUT2D eigenvalue weighted by Gasteiger charge is 2.19. The Bertz CT molecular complexity index is 1180. The van der Waals surface area contributed by atoms with E-state index in [4.69, 9.17) is 17.3 Å². The van der Waals surface area contributed by atoms with E-state index in [0.717, 1.165) is 22.3 Å². The van der Waals surface area contributed by atoms with Crippen molar-refractivity contribution in [1.29, 1.82) is 0 Å². The van der Waals surface area contributed by atoms with Crippen LogP contribution < -0.4 is 5.73 Å². The minimum atomic E-state index is -0.511. The van der Waals surface area contributed by atoms with Crippen molar-refractivity contribution in [1.82, 2.24) is 15.2 Å². The van der Waals surface area contributed by atoms with Gasteiger partial charge in [-0.25, -0.2) is 4.39 Å². The van der Waals surface area contributed by atoms with E-state index in [1.165, 1.54) is 12.1 Å². The van der Waals surface area contributed by atoms with E-state index in [1.807, 2.05) is 30.6 Å². The van der Waals surface area contributed by atoms with Gasteiger partial charge in [0.2, 0.25) is 0 Å². The molecule has 0 atom stereocenters. The minimum absolute atomic E-state index is 0.273. The van der Waals surface area contributed by atoms with Crippen molar-refractivity contribution < 1.29 is 9.18 Å². The number of nitrogens with zero attached hydrogens (tertiary/aromatic N) is 1. The van der Waals surface area contributed by atoms with Crippen LogP contribution in [0.4, 0.5) is 4.39 Å². The summed E-state index contributed by atoms with van der Waals surface area (Å²) in [6, 6.07) is 13.8. The van der Waals surface area contributed by atoms with Crippen molar-refractivity contribution in [2.75, 3.05) is 0 Å². The molecule has 0 aliphatic carbocycles. The first-order valence-electron chi connectivity index (χ1n) is 9.53. The highest BCUT2D eigenvalue weighted by Crippen LogP contribution is 2.26. The molecule has 7 heteroatoms. The first kappa shape index (κ1) is 19.9. The standard InChI is InChI=1S/C23H20ClFN4O/c24-17-3-1-2-14(10-17)11-21-22(23(26)30)20(28-29-21)9-6-16-12-27-13-19(16)15-4-7-18(25)8-5-15/h1-5,7-8,10,12-13,27H,6,9,11H2,(H2,26,30)(H,28,29). The summed E-state index contributed by atoms with van der Waals surface area (Å²) in [5, 5.41) is 7.95. The number of aromatic amines is 2. The number of halogens is 2. The molecule has 2 aromatic carbocycles. The third-order valence-corrected chi connectivity index (χ3v) is 5.29. The Morgan fingerprint density at radius 2 is 1.90 bits per heavy atom. The molecule has 0 saturated heterocycles. The number of rotatable bonds is 7. The Balaban J connectivity index is 1.55. The van der Waals surface area contributed by atoms with E-state index in [-0.39, 0.29) is 5.82 Å².